The first-order chi connectivity index (χ1) is 16.2. The molecule has 0 saturated carbocycles. The number of nitrogens with one attached hydrogen (secondary N) is 1. The lowest BCUT2D eigenvalue weighted by Crippen LogP contribution is -2.52. The first kappa shape index (κ1) is 23.8. The fraction of sp³-hybridized carbons (Fsp3) is 0.345. The van der Waals surface area contributed by atoms with Gasteiger partial charge in [0.25, 0.3) is 0 Å². The molecule has 178 valence electrons. The lowest BCUT2D eigenvalue weighted by atomic mass is 9.87. The van der Waals surface area contributed by atoms with Crippen molar-refractivity contribution in [3.05, 3.63) is 95.1 Å². The van der Waals surface area contributed by atoms with E-state index in [2.05, 4.69) is 17.4 Å². The summed E-state index contributed by atoms with van der Waals surface area (Å²) in [7, 11) is 0. The summed E-state index contributed by atoms with van der Waals surface area (Å²) in [5, 5.41) is 3.47. The fourth-order valence-corrected chi connectivity index (χ4v) is 4.16. The Labute approximate surface area is 202 Å². The number of rotatable bonds is 7. The maximum atomic E-state index is 13.0. The van der Waals surface area contributed by atoms with E-state index in [1.807, 2.05) is 83.1 Å². The van der Waals surface area contributed by atoms with Crippen LogP contribution in [0, 0.1) is 6.92 Å². The molecule has 0 spiro atoms. The van der Waals surface area contributed by atoms with Gasteiger partial charge in [0.15, 0.2) is 6.10 Å². The summed E-state index contributed by atoms with van der Waals surface area (Å²) in [4.78, 5) is 13.0. The van der Waals surface area contributed by atoms with Gasteiger partial charge in [-0.3, -0.25) is 0 Å². The van der Waals surface area contributed by atoms with Crippen LogP contribution in [0.15, 0.2) is 72.8 Å². The van der Waals surface area contributed by atoms with Crippen molar-refractivity contribution in [1.82, 2.24) is 0 Å². The van der Waals surface area contributed by atoms with Crippen molar-refractivity contribution in [3.63, 3.8) is 0 Å². The number of benzene rings is 3. The second-order valence-corrected chi connectivity index (χ2v) is 9.59. The Morgan fingerprint density at radius 2 is 1.74 bits per heavy atom. The maximum absolute atomic E-state index is 13.0. The zero-order chi connectivity index (χ0) is 24.3. The highest BCUT2D eigenvalue weighted by Crippen LogP contribution is 2.45. The third kappa shape index (κ3) is 5.42. The lowest BCUT2D eigenvalue weighted by Gasteiger charge is -2.44. The minimum atomic E-state index is -0.772. The normalized spacial score (nSPS) is 18.6. The van der Waals surface area contributed by atoms with Crippen molar-refractivity contribution in [3.8, 4) is 5.75 Å². The van der Waals surface area contributed by atoms with Crippen LogP contribution >= 0.6 is 0 Å². The second-order valence-electron chi connectivity index (χ2n) is 9.59. The van der Waals surface area contributed by atoms with Gasteiger partial charge in [-0.15, -0.1) is 0 Å². The summed E-state index contributed by atoms with van der Waals surface area (Å²) in [6, 6.07) is 23.6. The number of carbonyl (C=O) groups is 1. The van der Waals surface area contributed by atoms with E-state index in [0.29, 0.717) is 12.1 Å². The van der Waals surface area contributed by atoms with Crippen molar-refractivity contribution in [2.75, 3.05) is 5.32 Å². The molecule has 0 amide bonds. The first-order valence-corrected chi connectivity index (χ1v) is 11.8. The highest BCUT2D eigenvalue weighted by atomic mass is 16.6. The second kappa shape index (κ2) is 9.90. The molecule has 3 aromatic carbocycles. The van der Waals surface area contributed by atoms with Gasteiger partial charge in [-0.1, -0.05) is 48.0 Å². The Hall–Kier alpha value is -3.31. The minimum absolute atomic E-state index is 0.0618. The highest BCUT2D eigenvalue weighted by molar-refractivity contribution is 5.89. The van der Waals surface area contributed by atoms with Crippen LogP contribution in [0.5, 0.6) is 5.75 Å². The van der Waals surface area contributed by atoms with Crippen LogP contribution < -0.4 is 10.1 Å². The number of ether oxygens (including phenoxy) is 3. The van der Waals surface area contributed by atoms with E-state index in [0.717, 1.165) is 22.6 Å². The van der Waals surface area contributed by atoms with Crippen LogP contribution in [0.25, 0.3) is 0 Å². The van der Waals surface area contributed by atoms with Crippen molar-refractivity contribution in [2.24, 2.45) is 0 Å². The average Bonchev–Trinajstić information content (AvgIpc) is 2.80. The average molecular weight is 460 g/mol. The van der Waals surface area contributed by atoms with Gasteiger partial charge in [0, 0.05) is 17.8 Å². The molecule has 3 aromatic rings. The van der Waals surface area contributed by atoms with Crippen molar-refractivity contribution >= 4 is 11.7 Å². The summed E-state index contributed by atoms with van der Waals surface area (Å²) in [6.07, 6.45) is -1.15. The molecule has 5 nitrogen and oxygen atoms in total. The predicted molar refractivity (Wildman–Crippen MR) is 134 cm³/mol. The maximum Gasteiger partial charge on any atom is 0.338 e. The molecule has 5 heteroatoms. The topological polar surface area (TPSA) is 56.8 Å². The monoisotopic (exact) mass is 459 g/mol. The number of hydrogen-bond acceptors (Lipinski definition) is 5. The van der Waals surface area contributed by atoms with E-state index in [-0.39, 0.29) is 12.1 Å². The van der Waals surface area contributed by atoms with Crippen LogP contribution in [0.1, 0.15) is 60.8 Å². The van der Waals surface area contributed by atoms with Crippen molar-refractivity contribution in [2.45, 2.75) is 65.1 Å². The summed E-state index contributed by atoms with van der Waals surface area (Å²) in [6.45, 7) is 10.5. The number of hydrogen-bond donors (Lipinski definition) is 1. The molecule has 1 heterocycles. The number of aryl methyl sites for hydroxylation is 1. The Bertz CT molecular complexity index is 1120. The van der Waals surface area contributed by atoms with Gasteiger partial charge in [0.1, 0.15) is 17.5 Å². The quantitative estimate of drug-likeness (QED) is 0.410. The molecule has 2 unspecified atom stereocenters. The number of anilines is 1. The van der Waals surface area contributed by atoms with E-state index < -0.39 is 17.8 Å². The van der Waals surface area contributed by atoms with Crippen molar-refractivity contribution < 1.29 is 19.0 Å². The standard InChI is InChI=1S/C29H33NO4/c1-19(2)32-26-24-17-23(30-18-21-9-7-6-8-10-21)15-16-25(24)34-29(4,5)27(26)33-28(31)22-13-11-20(3)12-14-22/h6-17,19,26-27,30H,18H2,1-5H3. The summed E-state index contributed by atoms with van der Waals surface area (Å²) in [5.41, 5.74) is 3.83. The SMILES string of the molecule is Cc1ccc(C(=O)OC2C(OC(C)C)c3cc(NCc4ccccc4)ccc3OC2(C)C)cc1. The van der Waals surface area contributed by atoms with E-state index in [1.54, 1.807) is 12.1 Å². The fourth-order valence-electron chi connectivity index (χ4n) is 4.16. The Kier molecular flexibility index (Phi) is 6.94. The van der Waals surface area contributed by atoms with Crippen LogP contribution in [0.4, 0.5) is 5.69 Å². The molecule has 0 aromatic heterocycles. The van der Waals surface area contributed by atoms with Gasteiger partial charge in [0.05, 0.1) is 11.7 Å². The van der Waals surface area contributed by atoms with Crippen LogP contribution in [-0.4, -0.2) is 23.8 Å². The molecule has 0 radical (unpaired) electrons. The molecule has 34 heavy (non-hydrogen) atoms. The molecular weight excluding hydrogens is 426 g/mol. The Balaban J connectivity index is 1.62. The van der Waals surface area contributed by atoms with Crippen LogP contribution in [-0.2, 0) is 16.0 Å². The molecule has 0 aliphatic carbocycles. The van der Waals surface area contributed by atoms with Gasteiger partial charge in [0.2, 0.25) is 0 Å². The molecule has 0 bridgehead atoms. The van der Waals surface area contributed by atoms with E-state index in [4.69, 9.17) is 14.2 Å². The lowest BCUT2D eigenvalue weighted by molar-refractivity contribution is -0.151. The molecule has 0 fully saturated rings. The Morgan fingerprint density at radius 1 is 1.03 bits per heavy atom. The molecule has 1 aliphatic heterocycles. The van der Waals surface area contributed by atoms with Gasteiger partial charge in [-0.25, -0.2) is 4.79 Å². The van der Waals surface area contributed by atoms with Crippen molar-refractivity contribution in [1.29, 1.82) is 0 Å². The molecular formula is C29H33NO4. The molecule has 4 rings (SSSR count). The summed E-state index contributed by atoms with van der Waals surface area (Å²) in [5.74, 6) is 0.351. The zero-order valence-corrected chi connectivity index (χ0v) is 20.5. The largest absolute Gasteiger partial charge is 0.483 e. The first-order valence-electron chi connectivity index (χ1n) is 11.8. The number of fused-ring (bicyclic) bond motifs is 1. The van der Waals surface area contributed by atoms with Gasteiger partial charge >= 0.3 is 5.97 Å². The predicted octanol–water partition coefficient (Wildman–Crippen LogP) is 6.47. The van der Waals surface area contributed by atoms with Crippen LogP contribution in [0.3, 0.4) is 0 Å². The van der Waals surface area contributed by atoms with E-state index in [9.17, 15) is 4.79 Å². The molecule has 2 atom stereocenters. The van der Waals surface area contributed by atoms with E-state index in [1.165, 1.54) is 5.56 Å². The van der Waals surface area contributed by atoms with Crippen LogP contribution in [0.2, 0.25) is 0 Å². The van der Waals surface area contributed by atoms with Gasteiger partial charge < -0.3 is 19.5 Å². The highest BCUT2D eigenvalue weighted by Gasteiger charge is 2.48. The molecule has 1 N–H and O–H groups in total. The van der Waals surface area contributed by atoms with E-state index >= 15 is 0 Å². The summed E-state index contributed by atoms with van der Waals surface area (Å²) < 4.78 is 18.7. The minimum Gasteiger partial charge on any atom is -0.483 e. The van der Waals surface area contributed by atoms with Gasteiger partial charge in [-0.05, 0) is 70.5 Å². The number of carbonyl (C=O) groups excluding carboxylic acids is 1. The molecule has 1 aliphatic rings. The summed E-state index contributed by atoms with van der Waals surface area (Å²) >= 11 is 0. The van der Waals surface area contributed by atoms with Gasteiger partial charge in [-0.2, -0.15) is 0 Å². The molecule has 0 saturated heterocycles. The Morgan fingerprint density at radius 3 is 2.41 bits per heavy atom. The third-order valence-electron chi connectivity index (χ3n) is 5.93. The smallest absolute Gasteiger partial charge is 0.338 e. The number of esters is 1. The third-order valence-corrected chi connectivity index (χ3v) is 5.93. The zero-order valence-electron chi connectivity index (χ0n) is 20.5.